The molecule has 1 aliphatic carbocycles. The SMILES string of the molecule is NC(=O)c1ccc(-c2n[nH]c3c2Cc2ccccc2-3)cc1-c1ccncc1. The van der Waals surface area contributed by atoms with Crippen molar-refractivity contribution in [2.45, 2.75) is 6.42 Å². The number of H-pyrrole nitrogens is 1. The van der Waals surface area contributed by atoms with E-state index in [0.29, 0.717) is 5.56 Å². The van der Waals surface area contributed by atoms with Gasteiger partial charge in [-0.15, -0.1) is 0 Å². The number of primary amides is 1. The van der Waals surface area contributed by atoms with Crippen LogP contribution in [0.4, 0.5) is 0 Å². The standard InChI is InChI=1S/C22H16N4O/c23-22(27)17-6-5-15(12-18(17)13-7-9-24-10-8-13)20-19-11-14-3-1-2-4-16(14)21(19)26-25-20/h1-10,12H,11H2,(H2,23,27)(H,25,26). The van der Waals surface area contributed by atoms with Gasteiger partial charge in [0.05, 0.1) is 11.4 Å². The minimum Gasteiger partial charge on any atom is -0.366 e. The van der Waals surface area contributed by atoms with E-state index < -0.39 is 5.91 Å². The van der Waals surface area contributed by atoms with Crippen molar-refractivity contribution < 1.29 is 4.79 Å². The molecule has 27 heavy (non-hydrogen) atoms. The molecule has 0 unspecified atom stereocenters. The minimum atomic E-state index is -0.451. The summed E-state index contributed by atoms with van der Waals surface area (Å²) in [6.07, 6.45) is 4.25. The van der Waals surface area contributed by atoms with Gasteiger partial charge in [0, 0.05) is 41.1 Å². The van der Waals surface area contributed by atoms with Crippen LogP contribution in [0.1, 0.15) is 21.5 Å². The Labute approximate surface area is 155 Å². The van der Waals surface area contributed by atoms with Gasteiger partial charge in [0.2, 0.25) is 5.91 Å². The summed E-state index contributed by atoms with van der Waals surface area (Å²) in [7, 11) is 0. The molecule has 0 fully saturated rings. The molecule has 0 saturated carbocycles. The quantitative estimate of drug-likeness (QED) is 0.518. The van der Waals surface area contributed by atoms with Crippen molar-refractivity contribution in [3.63, 3.8) is 0 Å². The van der Waals surface area contributed by atoms with Crippen LogP contribution in [0.5, 0.6) is 0 Å². The maximum atomic E-state index is 11.9. The van der Waals surface area contributed by atoms with Gasteiger partial charge in [0.25, 0.3) is 0 Å². The maximum absolute atomic E-state index is 11.9. The van der Waals surface area contributed by atoms with Crippen LogP contribution in [0.2, 0.25) is 0 Å². The van der Waals surface area contributed by atoms with E-state index in [4.69, 9.17) is 5.73 Å². The first-order valence-electron chi connectivity index (χ1n) is 8.72. The number of carbonyl (C=O) groups excluding carboxylic acids is 1. The van der Waals surface area contributed by atoms with Gasteiger partial charge in [-0.3, -0.25) is 14.9 Å². The zero-order valence-corrected chi connectivity index (χ0v) is 14.4. The summed E-state index contributed by atoms with van der Waals surface area (Å²) >= 11 is 0. The molecular weight excluding hydrogens is 336 g/mol. The van der Waals surface area contributed by atoms with E-state index in [2.05, 4.69) is 33.4 Å². The van der Waals surface area contributed by atoms with Gasteiger partial charge in [-0.05, 0) is 41.0 Å². The zero-order chi connectivity index (χ0) is 18.4. The van der Waals surface area contributed by atoms with Crippen LogP contribution >= 0.6 is 0 Å². The largest absolute Gasteiger partial charge is 0.366 e. The van der Waals surface area contributed by atoms with Gasteiger partial charge < -0.3 is 5.73 Å². The molecule has 0 aliphatic heterocycles. The van der Waals surface area contributed by atoms with E-state index in [1.807, 2.05) is 30.3 Å². The summed E-state index contributed by atoms with van der Waals surface area (Å²) < 4.78 is 0. The van der Waals surface area contributed by atoms with Crippen molar-refractivity contribution in [1.82, 2.24) is 15.2 Å². The van der Waals surface area contributed by atoms with Crippen LogP contribution in [-0.4, -0.2) is 21.1 Å². The molecule has 0 spiro atoms. The average Bonchev–Trinajstić information content (AvgIpc) is 3.27. The number of amides is 1. The van der Waals surface area contributed by atoms with Crippen molar-refractivity contribution in [3.05, 3.63) is 83.7 Å². The number of carbonyl (C=O) groups is 1. The number of hydrogen-bond acceptors (Lipinski definition) is 3. The van der Waals surface area contributed by atoms with Gasteiger partial charge in [0.15, 0.2) is 0 Å². The molecule has 2 aromatic heterocycles. The van der Waals surface area contributed by atoms with E-state index in [1.54, 1.807) is 18.5 Å². The van der Waals surface area contributed by atoms with Crippen molar-refractivity contribution in [3.8, 4) is 33.6 Å². The highest BCUT2D eigenvalue weighted by Gasteiger charge is 2.25. The van der Waals surface area contributed by atoms with Gasteiger partial charge >= 0.3 is 0 Å². The van der Waals surface area contributed by atoms with E-state index in [-0.39, 0.29) is 0 Å². The molecule has 5 heteroatoms. The van der Waals surface area contributed by atoms with Crippen LogP contribution in [0, 0.1) is 0 Å². The van der Waals surface area contributed by atoms with Crippen molar-refractivity contribution in [2.24, 2.45) is 5.73 Å². The zero-order valence-electron chi connectivity index (χ0n) is 14.4. The van der Waals surface area contributed by atoms with Crippen LogP contribution in [0.25, 0.3) is 33.6 Å². The number of benzene rings is 2. The smallest absolute Gasteiger partial charge is 0.249 e. The molecule has 1 amide bonds. The molecule has 0 radical (unpaired) electrons. The Morgan fingerprint density at radius 3 is 2.59 bits per heavy atom. The predicted molar refractivity (Wildman–Crippen MR) is 104 cm³/mol. The highest BCUT2D eigenvalue weighted by molar-refractivity contribution is 6.01. The van der Waals surface area contributed by atoms with E-state index in [1.165, 1.54) is 16.7 Å². The molecule has 3 N–H and O–H groups in total. The lowest BCUT2D eigenvalue weighted by molar-refractivity contribution is 0.100. The molecule has 5 rings (SSSR count). The normalized spacial score (nSPS) is 11.9. The second-order valence-corrected chi connectivity index (χ2v) is 6.62. The van der Waals surface area contributed by atoms with Crippen LogP contribution in [-0.2, 0) is 6.42 Å². The van der Waals surface area contributed by atoms with Crippen molar-refractivity contribution in [2.75, 3.05) is 0 Å². The van der Waals surface area contributed by atoms with E-state index in [9.17, 15) is 4.79 Å². The second-order valence-electron chi connectivity index (χ2n) is 6.62. The predicted octanol–water partition coefficient (Wildman–Crippen LogP) is 3.81. The number of nitrogens with two attached hydrogens (primary N) is 1. The Morgan fingerprint density at radius 1 is 0.963 bits per heavy atom. The number of pyridine rings is 1. The summed E-state index contributed by atoms with van der Waals surface area (Å²) in [5, 5.41) is 7.75. The Hall–Kier alpha value is -3.73. The lowest BCUT2D eigenvalue weighted by Gasteiger charge is -2.10. The highest BCUT2D eigenvalue weighted by Crippen LogP contribution is 2.40. The maximum Gasteiger partial charge on any atom is 0.249 e. The number of rotatable bonds is 3. The molecule has 2 heterocycles. The van der Waals surface area contributed by atoms with Crippen LogP contribution < -0.4 is 5.73 Å². The Balaban J connectivity index is 1.66. The molecule has 1 aliphatic rings. The van der Waals surface area contributed by atoms with Gasteiger partial charge in [-0.1, -0.05) is 30.3 Å². The summed E-state index contributed by atoms with van der Waals surface area (Å²) in [6.45, 7) is 0. The molecule has 130 valence electrons. The Morgan fingerprint density at radius 2 is 1.78 bits per heavy atom. The van der Waals surface area contributed by atoms with Gasteiger partial charge in [-0.2, -0.15) is 5.10 Å². The van der Waals surface area contributed by atoms with Crippen LogP contribution in [0.3, 0.4) is 0 Å². The van der Waals surface area contributed by atoms with Crippen molar-refractivity contribution in [1.29, 1.82) is 0 Å². The lowest BCUT2D eigenvalue weighted by Crippen LogP contribution is -2.12. The number of nitrogens with one attached hydrogen (secondary N) is 1. The lowest BCUT2D eigenvalue weighted by atomic mass is 9.95. The molecule has 4 aromatic rings. The number of aromatic nitrogens is 3. The third-order valence-electron chi connectivity index (χ3n) is 5.07. The van der Waals surface area contributed by atoms with E-state index in [0.717, 1.165) is 34.5 Å². The first kappa shape index (κ1) is 15.5. The number of aromatic amines is 1. The summed E-state index contributed by atoms with van der Waals surface area (Å²) in [5.41, 5.74) is 14.4. The third-order valence-corrected chi connectivity index (χ3v) is 5.07. The second kappa shape index (κ2) is 5.92. The summed E-state index contributed by atoms with van der Waals surface area (Å²) in [6, 6.07) is 17.8. The van der Waals surface area contributed by atoms with Gasteiger partial charge in [-0.25, -0.2) is 0 Å². The Kier molecular flexibility index (Phi) is 3.40. The molecule has 5 nitrogen and oxygen atoms in total. The highest BCUT2D eigenvalue weighted by atomic mass is 16.1. The number of fused-ring (bicyclic) bond motifs is 3. The number of nitrogens with zero attached hydrogens (tertiary/aromatic N) is 2. The fourth-order valence-corrected chi connectivity index (χ4v) is 3.78. The number of hydrogen-bond donors (Lipinski definition) is 2. The van der Waals surface area contributed by atoms with E-state index >= 15 is 0 Å². The molecule has 0 bridgehead atoms. The van der Waals surface area contributed by atoms with Crippen LogP contribution in [0.15, 0.2) is 67.0 Å². The van der Waals surface area contributed by atoms with Gasteiger partial charge in [0.1, 0.15) is 0 Å². The minimum absolute atomic E-state index is 0.451. The first-order valence-corrected chi connectivity index (χ1v) is 8.72. The molecule has 0 saturated heterocycles. The monoisotopic (exact) mass is 352 g/mol. The fourth-order valence-electron chi connectivity index (χ4n) is 3.78. The molecule has 0 atom stereocenters. The van der Waals surface area contributed by atoms with Crippen molar-refractivity contribution >= 4 is 5.91 Å². The first-order chi connectivity index (χ1) is 13.2. The molecule has 2 aromatic carbocycles. The topological polar surface area (TPSA) is 84.7 Å². The molecular formula is C22H16N4O. The average molecular weight is 352 g/mol. The third kappa shape index (κ3) is 2.44. The fraction of sp³-hybridized carbons (Fsp3) is 0.0455. The Bertz CT molecular complexity index is 1180. The summed E-state index contributed by atoms with van der Waals surface area (Å²) in [5.74, 6) is -0.451. The summed E-state index contributed by atoms with van der Waals surface area (Å²) in [4.78, 5) is 16.0.